The van der Waals surface area contributed by atoms with Crippen molar-refractivity contribution in [3.8, 4) is 0 Å². The molecule has 0 aromatic rings. The number of carbonyl (C=O) groups excluding carboxylic acids is 2. The highest BCUT2D eigenvalue weighted by Crippen LogP contribution is 2.11. The summed E-state index contributed by atoms with van der Waals surface area (Å²) in [7, 11) is -1.72. The highest BCUT2D eigenvalue weighted by Gasteiger charge is 2.29. The van der Waals surface area contributed by atoms with Gasteiger partial charge in [-0.3, -0.25) is 14.5 Å². The van der Waals surface area contributed by atoms with Crippen LogP contribution in [0.4, 0.5) is 0 Å². The summed E-state index contributed by atoms with van der Waals surface area (Å²) in [6, 6.07) is -0.313. The first-order chi connectivity index (χ1) is 9.23. The number of hydrogen-bond donors (Lipinski definition) is 1. The van der Waals surface area contributed by atoms with E-state index >= 15 is 0 Å². The smallest absolute Gasteiger partial charge is 0.319 e. The van der Waals surface area contributed by atoms with Gasteiger partial charge in [0, 0.05) is 12.1 Å². The van der Waals surface area contributed by atoms with Crippen LogP contribution in [0.5, 0.6) is 0 Å². The van der Waals surface area contributed by atoms with Crippen molar-refractivity contribution in [2.75, 3.05) is 31.7 Å². The lowest BCUT2D eigenvalue weighted by Crippen LogP contribution is -2.46. The highest BCUT2D eigenvalue weighted by molar-refractivity contribution is 7.91. The van der Waals surface area contributed by atoms with Gasteiger partial charge in [0.1, 0.15) is 0 Å². The van der Waals surface area contributed by atoms with Crippen LogP contribution in [0.3, 0.4) is 0 Å². The maximum Gasteiger partial charge on any atom is 0.319 e. The van der Waals surface area contributed by atoms with Crippen molar-refractivity contribution in [3.05, 3.63) is 0 Å². The number of rotatable bonds is 6. The summed E-state index contributed by atoms with van der Waals surface area (Å²) in [6.45, 7) is 3.82. The fourth-order valence-electron chi connectivity index (χ4n) is 2.02. The van der Waals surface area contributed by atoms with Gasteiger partial charge in [-0.2, -0.15) is 0 Å². The van der Waals surface area contributed by atoms with Crippen LogP contribution >= 0.6 is 0 Å². The van der Waals surface area contributed by atoms with E-state index in [0.717, 1.165) is 0 Å². The van der Waals surface area contributed by atoms with Crippen molar-refractivity contribution in [2.24, 2.45) is 0 Å². The topological polar surface area (TPSA) is 92.8 Å². The second-order valence-corrected chi connectivity index (χ2v) is 7.47. The molecule has 1 atom stereocenters. The largest absolute Gasteiger partial charge is 0.468 e. The zero-order valence-electron chi connectivity index (χ0n) is 12.1. The summed E-state index contributed by atoms with van der Waals surface area (Å²) >= 11 is 0. The summed E-state index contributed by atoms with van der Waals surface area (Å²) < 4.78 is 27.2. The molecule has 1 fully saturated rings. The molecule has 1 rings (SSSR count). The number of nitrogens with zero attached hydrogens (tertiary/aromatic N) is 1. The Morgan fingerprint density at radius 3 is 2.45 bits per heavy atom. The van der Waals surface area contributed by atoms with Gasteiger partial charge in [-0.05, 0) is 20.3 Å². The molecular formula is C12H22N2O5S. The molecular weight excluding hydrogens is 284 g/mol. The van der Waals surface area contributed by atoms with Crippen molar-refractivity contribution in [3.63, 3.8) is 0 Å². The van der Waals surface area contributed by atoms with Gasteiger partial charge in [0.15, 0.2) is 9.84 Å². The normalized spacial score (nSPS) is 21.1. The van der Waals surface area contributed by atoms with E-state index in [0.29, 0.717) is 6.42 Å². The zero-order valence-corrected chi connectivity index (χ0v) is 12.9. The summed E-state index contributed by atoms with van der Waals surface area (Å²) in [6.07, 6.45) is 0.451. The second-order valence-electron chi connectivity index (χ2n) is 5.24. The number of amides is 1. The van der Waals surface area contributed by atoms with Crippen LogP contribution in [-0.2, 0) is 24.2 Å². The molecule has 0 bridgehead atoms. The number of nitrogens with one attached hydrogen (secondary N) is 1. The molecule has 0 radical (unpaired) electrons. The first kappa shape index (κ1) is 16.9. The molecule has 8 heteroatoms. The van der Waals surface area contributed by atoms with E-state index < -0.39 is 15.8 Å². The van der Waals surface area contributed by atoms with Crippen LogP contribution in [-0.4, -0.2) is 69.0 Å². The molecule has 0 spiro atoms. The number of carbonyl (C=O) groups is 2. The lowest BCUT2D eigenvalue weighted by atomic mass is 10.2. The summed E-state index contributed by atoms with van der Waals surface area (Å²) in [5.41, 5.74) is 0. The molecule has 20 heavy (non-hydrogen) atoms. The molecule has 116 valence electrons. The van der Waals surface area contributed by atoms with Crippen LogP contribution in [0.25, 0.3) is 0 Å². The highest BCUT2D eigenvalue weighted by atomic mass is 32.2. The summed E-state index contributed by atoms with van der Waals surface area (Å²) in [5, 5.41) is 2.70. The third-order valence-corrected chi connectivity index (χ3v) is 5.00. The van der Waals surface area contributed by atoms with Crippen LogP contribution in [0.1, 0.15) is 20.3 Å². The van der Waals surface area contributed by atoms with Gasteiger partial charge in [0.25, 0.3) is 0 Å². The second kappa shape index (κ2) is 7.03. The Kier molecular flexibility index (Phi) is 5.94. The molecule has 1 heterocycles. The Hall–Kier alpha value is -1.15. The first-order valence-electron chi connectivity index (χ1n) is 6.54. The number of methoxy groups -OCH3 is 1. The minimum atomic E-state index is -3.01. The minimum absolute atomic E-state index is 0.00256. The van der Waals surface area contributed by atoms with E-state index in [1.54, 1.807) is 4.90 Å². The van der Waals surface area contributed by atoms with Crippen LogP contribution < -0.4 is 5.32 Å². The Labute approximate surface area is 119 Å². The van der Waals surface area contributed by atoms with Gasteiger partial charge in [0.2, 0.25) is 5.91 Å². The fourth-order valence-corrected chi connectivity index (χ4v) is 3.69. The Morgan fingerprint density at radius 2 is 2.00 bits per heavy atom. The third-order valence-electron chi connectivity index (χ3n) is 3.23. The monoisotopic (exact) mass is 306 g/mol. The van der Waals surface area contributed by atoms with Crippen molar-refractivity contribution in [1.29, 1.82) is 0 Å². The molecule has 1 amide bonds. The fraction of sp³-hybridized carbons (Fsp3) is 0.833. The van der Waals surface area contributed by atoms with E-state index in [1.165, 1.54) is 7.11 Å². The van der Waals surface area contributed by atoms with Crippen LogP contribution in [0, 0.1) is 0 Å². The SMILES string of the molecule is COC(=O)CN(CC(=O)NC1CCS(=O)(=O)C1)C(C)C. The minimum Gasteiger partial charge on any atom is -0.468 e. The molecule has 0 aromatic carbocycles. The average Bonchev–Trinajstić information content (AvgIpc) is 2.67. The van der Waals surface area contributed by atoms with Crippen molar-refractivity contribution in [1.82, 2.24) is 10.2 Å². The molecule has 0 aromatic heterocycles. The molecule has 1 N–H and O–H groups in total. The lowest BCUT2D eigenvalue weighted by Gasteiger charge is -2.25. The summed E-state index contributed by atoms with van der Waals surface area (Å²) in [5.74, 6) is -0.564. The van der Waals surface area contributed by atoms with Gasteiger partial charge in [-0.15, -0.1) is 0 Å². The number of esters is 1. The Morgan fingerprint density at radius 1 is 1.35 bits per heavy atom. The van der Waals surface area contributed by atoms with Crippen LogP contribution in [0.15, 0.2) is 0 Å². The molecule has 1 saturated heterocycles. The molecule has 1 aliphatic heterocycles. The van der Waals surface area contributed by atoms with E-state index in [-0.39, 0.29) is 42.6 Å². The molecule has 1 unspecified atom stereocenters. The van der Waals surface area contributed by atoms with Crippen molar-refractivity contribution < 1.29 is 22.7 Å². The zero-order chi connectivity index (χ0) is 15.3. The Balaban J connectivity index is 2.48. The molecule has 1 aliphatic rings. The molecule has 0 aliphatic carbocycles. The van der Waals surface area contributed by atoms with Crippen molar-refractivity contribution in [2.45, 2.75) is 32.4 Å². The third kappa shape index (κ3) is 5.46. The van der Waals surface area contributed by atoms with Gasteiger partial charge < -0.3 is 10.1 Å². The van der Waals surface area contributed by atoms with E-state index in [4.69, 9.17) is 0 Å². The van der Waals surface area contributed by atoms with E-state index in [1.807, 2.05) is 13.8 Å². The standard InChI is InChI=1S/C12H22N2O5S/c1-9(2)14(7-12(16)19-3)6-11(15)13-10-4-5-20(17,18)8-10/h9-10H,4-8H2,1-3H3,(H,13,15). The maximum absolute atomic E-state index is 11.9. The van der Waals surface area contributed by atoms with E-state index in [2.05, 4.69) is 10.1 Å². The average molecular weight is 306 g/mol. The summed E-state index contributed by atoms with van der Waals surface area (Å²) in [4.78, 5) is 24.8. The molecule has 7 nitrogen and oxygen atoms in total. The van der Waals surface area contributed by atoms with Gasteiger partial charge in [-0.1, -0.05) is 0 Å². The van der Waals surface area contributed by atoms with Gasteiger partial charge in [0.05, 0.1) is 31.7 Å². The Bertz CT molecular complexity index is 460. The number of sulfone groups is 1. The van der Waals surface area contributed by atoms with Crippen LogP contribution in [0.2, 0.25) is 0 Å². The van der Waals surface area contributed by atoms with E-state index in [9.17, 15) is 18.0 Å². The number of ether oxygens (including phenoxy) is 1. The van der Waals surface area contributed by atoms with Gasteiger partial charge in [-0.25, -0.2) is 8.42 Å². The first-order valence-corrected chi connectivity index (χ1v) is 8.36. The lowest BCUT2D eigenvalue weighted by molar-refractivity contribution is -0.142. The number of hydrogen-bond acceptors (Lipinski definition) is 6. The van der Waals surface area contributed by atoms with Gasteiger partial charge >= 0.3 is 5.97 Å². The molecule has 0 saturated carbocycles. The maximum atomic E-state index is 11.9. The predicted molar refractivity (Wildman–Crippen MR) is 73.9 cm³/mol. The quantitative estimate of drug-likeness (QED) is 0.644. The predicted octanol–water partition coefficient (Wildman–Crippen LogP) is -0.827. The van der Waals surface area contributed by atoms with Crippen molar-refractivity contribution >= 4 is 21.7 Å².